The summed E-state index contributed by atoms with van der Waals surface area (Å²) in [5, 5.41) is 13.2. The maximum absolute atomic E-state index is 4.49. The average molecular weight is 326 g/mol. The van der Waals surface area contributed by atoms with Crippen LogP contribution in [0.25, 0.3) is 11.4 Å². The van der Waals surface area contributed by atoms with E-state index in [-0.39, 0.29) is 0 Å². The Hall–Kier alpha value is -1.71. The quantitative estimate of drug-likeness (QED) is 0.739. The van der Waals surface area contributed by atoms with Crippen LogP contribution in [-0.4, -0.2) is 20.0 Å². The van der Waals surface area contributed by atoms with Crippen LogP contribution in [0, 0.1) is 18.3 Å². The molecule has 0 saturated heterocycles. The van der Waals surface area contributed by atoms with Crippen molar-refractivity contribution >= 4 is 0 Å². The average Bonchev–Trinajstić information content (AvgIpc) is 2.86. The summed E-state index contributed by atoms with van der Waals surface area (Å²) in [7, 11) is 1.95. The van der Waals surface area contributed by atoms with Gasteiger partial charge in [-0.1, -0.05) is 26.7 Å². The van der Waals surface area contributed by atoms with Crippen LogP contribution in [0.1, 0.15) is 63.6 Å². The second-order valence-electron chi connectivity index (χ2n) is 7.69. The van der Waals surface area contributed by atoms with E-state index >= 15 is 0 Å². The van der Waals surface area contributed by atoms with Gasteiger partial charge in [0.25, 0.3) is 0 Å². The highest BCUT2D eigenvalue weighted by Crippen LogP contribution is 2.53. The summed E-state index contributed by atoms with van der Waals surface area (Å²) in [6, 6.07) is 4.24. The first-order chi connectivity index (χ1) is 11.6. The van der Waals surface area contributed by atoms with E-state index in [1.54, 1.807) is 0 Å². The van der Waals surface area contributed by atoms with Gasteiger partial charge < -0.3 is 0 Å². The van der Waals surface area contributed by atoms with Gasteiger partial charge in [-0.25, -0.2) is 0 Å². The number of nitrogens with zero attached hydrogens (tertiary/aromatic N) is 4. The van der Waals surface area contributed by atoms with E-state index in [0.717, 1.165) is 35.0 Å². The van der Waals surface area contributed by atoms with Gasteiger partial charge in [0.05, 0.1) is 17.6 Å². The van der Waals surface area contributed by atoms with Crippen LogP contribution in [-0.2, 0) is 13.5 Å². The Morgan fingerprint density at radius 3 is 2.33 bits per heavy atom. The van der Waals surface area contributed by atoms with Gasteiger partial charge in [-0.3, -0.25) is 4.68 Å². The molecule has 130 valence electrons. The van der Waals surface area contributed by atoms with Gasteiger partial charge in [0.15, 0.2) is 0 Å². The van der Waals surface area contributed by atoms with Crippen LogP contribution in [0.4, 0.5) is 0 Å². The Kier molecular flexibility index (Phi) is 5.02. The number of rotatable bonds is 7. The lowest BCUT2D eigenvalue weighted by molar-refractivity contribution is 0.0333. The van der Waals surface area contributed by atoms with E-state index in [1.807, 2.05) is 17.9 Å². The van der Waals surface area contributed by atoms with Crippen LogP contribution in [0.2, 0.25) is 0 Å². The number of hydrogen-bond donors (Lipinski definition) is 0. The van der Waals surface area contributed by atoms with Gasteiger partial charge in [0, 0.05) is 7.05 Å². The monoisotopic (exact) mass is 326 g/mol. The van der Waals surface area contributed by atoms with Crippen LogP contribution in [0.15, 0.2) is 18.3 Å². The zero-order valence-electron chi connectivity index (χ0n) is 15.5. The third-order valence-corrected chi connectivity index (χ3v) is 5.59. The molecule has 1 aliphatic carbocycles. The third kappa shape index (κ3) is 3.38. The van der Waals surface area contributed by atoms with Gasteiger partial charge in [0.1, 0.15) is 5.69 Å². The summed E-state index contributed by atoms with van der Waals surface area (Å²) in [5.74, 6) is 0.793. The molecule has 4 heteroatoms. The molecule has 1 saturated carbocycles. The first kappa shape index (κ1) is 17.1. The molecule has 3 rings (SSSR count). The zero-order chi connectivity index (χ0) is 17.2. The number of aromatic nitrogens is 4. The minimum Gasteiger partial charge on any atom is -0.266 e. The van der Waals surface area contributed by atoms with E-state index in [9.17, 15) is 0 Å². The highest BCUT2D eigenvalue weighted by molar-refractivity contribution is 5.57. The van der Waals surface area contributed by atoms with Gasteiger partial charge in [-0.05, 0) is 68.1 Å². The Labute approximate surface area is 145 Å². The van der Waals surface area contributed by atoms with Crippen molar-refractivity contribution in [3.05, 3.63) is 29.6 Å². The van der Waals surface area contributed by atoms with E-state index in [4.69, 9.17) is 0 Å². The van der Waals surface area contributed by atoms with Gasteiger partial charge in [-0.15, -0.1) is 5.10 Å². The van der Waals surface area contributed by atoms with Crippen LogP contribution < -0.4 is 0 Å². The fourth-order valence-corrected chi connectivity index (χ4v) is 4.71. The highest BCUT2D eigenvalue weighted by atomic mass is 15.3. The van der Waals surface area contributed by atoms with E-state index in [0.29, 0.717) is 5.41 Å². The van der Waals surface area contributed by atoms with Crippen LogP contribution in [0.5, 0.6) is 0 Å². The molecule has 0 aliphatic heterocycles. The van der Waals surface area contributed by atoms with Crippen molar-refractivity contribution in [3.63, 3.8) is 0 Å². The molecular formula is C20H30N4. The lowest BCUT2D eigenvalue weighted by atomic mass is 9.57. The summed E-state index contributed by atoms with van der Waals surface area (Å²) in [6.45, 7) is 6.69. The van der Waals surface area contributed by atoms with E-state index in [1.165, 1.54) is 38.5 Å². The maximum atomic E-state index is 4.49. The number of hydrogen-bond acceptors (Lipinski definition) is 3. The predicted molar refractivity (Wildman–Crippen MR) is 97.6 cm³/mol. The standard InChI is InChI=1S/C20H30N4/c1-5-9-20(10-6-2)12-16(13-20)11-17-7-8-18(23-22-17)19-15(3)14-21-24(19)4/h7-8,14,16H,5-6,9-13H2,1-4H3. The Balaban J connectivity index is 1.62. The summed E-state index contributed by atoms with van der Waals surface area (Å²) in [6.07, 6.45) is 11.1. The van der Waals surface area contributed by atoms with Crippen molar-refractivity contribution in [2.24, 2.45) is 18.4 Å². The van der Waals surface area contributed by atoms with Crippen LogP contribution >= 0.6 is 0 Å². The fourth-order valence-electron chi connectivity index (χ4n) is 4.71. The minimum atomic E-state index is 0.632. The van der Waals surface area contributed by atoms with E-state index in [2.05, 4.69) is 48.2 Å². The molecule has 0 aromatic carbocycles. The first-order valence-corrected chi connectivity index (χ1v) is 9.38. The van der Waals surface area contributed by atoms with E-state index < -0.39 is 0 Å². The van der Waals surface area contributed by atoms with Gasteiger partial charge >= 0.3 is 0 Å². The van der Waals surface area contributed by atoms with Crippen molar-refractivity contribution in [3.8, 4) is 11.4 Å². The van der Waals surface area contributed by atoms with Crippen LogP contribution in [0.3, 0.4) is 0 Å². The molecule has 0 bridgehead atoms. The molecule has 1 aliphatic rings. The van der Waals surface area contributed by atoms with Gasteiger partial charge in [-0.2, -0.15) is 10.2 Å². The molecule has 2 heterocycles. The molecule has 2 aromatic rings. The van der Waals surface area contributed by atoms with Crippen molar-refractivity contribution in [2.75, 3.05) is 0 Å². The molecule has 0 unspecified atom stereocenters. The first-order valence-electron chi connectivity index (χ1n) is 9.38. The largest absolute Gasteiger partial charge is 0.266 e. The zero-order valence-corrected chi connectivity index (χ0v) is 15.5. The molecule has 2 aromatic heterocycles. The summed E-state index contributed by atoms with van der Waals surface area (Å²) in [5.41, 5.74) is 4.87. The van der Waals surface area contributed by atoms with Crippen molar-refractivity contribution in [2.45, 2.75) is 65.7 Å². The lowest BCUT2D eigenvalue weighted by Gasteiger charge is -2.48. The molecular weight excluding hydrogens is 296 g/mol. The fraction of sp³-hybridized carbons (Fsp3) is 0.650. The molecule has 0 radical (unpaired) electrons. The SMILES string of the molecule is CCCC1(CCC)CC(Cc2ccc(-c3c(C)cnn3C)nn2)C1. The molecule has 0 N–H and O–H groups in total. The Bertz CT molecular complexity index is 638. The number of aryl methyl sites for hydroxylation is 2. The van der Waals surface area contributed by atoms with Crippen molar-refractivity contribution in [1.29, 1.82) is 0 Å². The highest BCUT2D eigenvalue weighted by Gasteiger charge is 2.42. The van der Waals surface area contributed by atoms with Gasteiger partial charge in [0.2, 0.25) is 0 Å². The molecule has 0 atom stereocenters. The Morgan fingerprint density at radius 2 is 1.83 bits per heavy atom. The summed E-state index contributed by atoms with van der Waals surface area (Å²) in [4.78, 5) is 0. The molecule has 0 amide bonds. The molecule has 24 heavy (non-hydrogen) atoms. The smallest absolute Gasteiger partial charge is 0.111 e. The molecule has 1 fully saturated rings. The topological polar surface area (TPSA) is 43.6 Å². The summed E-state index contributed by atoms with van der Waals surface area (Å²) >= 11 is 0. The maximum Gasteiger partial charge on any atom is 0.111 e. The van der Waals surface area contributed by atoms with Crippen molar-refractivity contribution in [1.82, 2.24) is 20.0 Å². The lowest BCUT2D eigenvalue weighted by Crippen LogP contribution is -2.38. The summed E-state index contributed by atoms with van der Waals surface area (Å²) < 4.78 is 1.87. The normalized spacial score (nSPS) is 17.0. The molecule has 4 nitrogen and oxygen atoms in total. The molecule has 0 spiro atoms. The minimum absolute atomic E-state index is 0.632. The third-order valence-electron chi connectivity index (χ3n) is 5.59. The predicted octanol–water partition coefficient (Wildman–Crippen LogP) is 4.72. The Morgan fingerprint density at radius 1 is 1.12 bits per heavy atom. The second kappa shape index (κ2) is 7.04. The van der Waals surface area contributed by atoms with Crippen molar-refractivity contribution < 1.29 is 0 Å². The second-order valence-corrected chi connectivity index (χ2v) is 7.69.